The number of aromatic nitrogens is 2. The van der Waals surface area contributed by atoms with Crippen LogP contribution in [0.1, 0.15) is 12.5 Å². The molecule has 3 rings (SSSR count). The second-order valence-corrected chi connectivity index (χ2v) is 5.01. The van der Waals surface area contributed by atoms with Crippen LogP contribution in [-0.2, 0) is 6.42 Å². The van der Waals surface area contributed by atoms with Crippen LogP contribution in [0, 0.1) is 0 Å². The predicted octanol–water partition coefficient (Wildman–Crippen LogP) is 3.22. The van der Waals surface area contributed by atoms with Crippen LogP contribution in [0.25, 0.3) is 10.9 Å². The molecule has 1 N–H and O–H groups in total. The molecular weight excluding hydrogens is 274 g/mol. The van der Waals surface area contributed by atoms with Gasteiger partial charge < -0.3 is 4.90 Å². The van der Waals surface area contributed by atoms with Gasteiger partial charge in [0.1, 0.15) is 0 Å². The lowest BCUT2D eigenvalue weighted by atomic mass is 10.1. The van der Waals surface area contributed by atoms with Gasteiger partial charge in [0, 0.05) is 5.39 Å². The average molecular weight is 287 g/mol. The van der Waals surface area contributed by atoms with Crippen molar-refractivity contribution in [1.82, 2.24) is 10.2 Å². The van der Waals surface area contributed by atoms with Crippen molar-refractivity contribution in [3.8, 4) is 0 Å². The highest BCUT2D eigenvalue weighted by molar-refractivity contribution is 5.93. The Hall–Kier alpha value is -1.79. The Kier molecular flexibility index (Phi) is 2.71. The molecule has 0 bridgehead atoms. The summed E-state index contributed by atoms with van der Waals surface area (Å²) in [6.45, 7) is -0.116. The van der Waals surface area contributed by atoms with Gasteiger partial charge in [0.2, 0.25) is 0 Å². The minimum atomic E-state index is -4.03. The summed E-state index contributed by atoms with van der Waals surface area (Å²) in [6.07, 6.45) is 0.671. The maximum atomic E-state index is 13.3. The summed E-state index contributed by atoms with van der Waals surface area (Å²) < 4.78 is 53.3. The Labute approximate surface area is 112 Å². The van der Waals surface area contributed by atoms with Gasteiger partial charge in [-0.1, -0.05) is 19.1 Å². The molecule has 0 atom stereocenters. The van der Waals surface area contributed by atoms with Gasteiger partial charge in [-0.15, -0.1) is 0 Å². The fourth-order valence-corrected chi connectivity index (χ4v) is 2.57. The molecule has 1 aliphatic heterocycles. The Bertz CT molecular complexity index is 634. The molecule has 3 nitrogen and oxygen atoms in total. The third kappa shape index (κ3) is 1.76. The Morgan fingerprint density at radius 2 is 1.85 bits per heavy atom. The second kappa shape index (κ2) is 4.10. The van der Waals surface area contributed by atoms with Gasteiger partial charge in [-0.2, -0.15) is 22.7 Å². The molecule has 0 unspecified atom stereocenters. The molecule has 0 amide bonds. The molecular formula is C13H13F4N3. The van der Waals surface area contributed by atoms with E-state index in [1.54, 1.807) is 6.07 Å². The summed E-state index contributed by atoms with van der Waals surface area (Å²) in [7, 11) is 0. The number of aryl methyl sites for hydroxylation is 1. The number of alkyl halides is 4. The number of hydrogen-bond donors (Lipinski definition) is 1. The van der Waals surface area contributed by atoms with Crippen molar-refractivity contribution in [1.29, 1.82) is 0 Å². The summed E-state index contributed by atoms with van der Waals surface area (Å²) in [4.78, 5) is 0.956. The van der Waals surface area contributed by atoms with Crippen LogP contribution in [0.15, 0.2) is 18.2 Å². The van der Waals surface area contributed by atoms with E-state index in [-0.39, 0.29) is 5.82 Å². The maximum Gasteiger partial charge on any atom is 0.329 e. The molecule has 2 heterocycles. The van der Waals surface area contributed by atoms with Crippen molar-refractivity contribution >= 4 is 16.7 Å². The monoisotopic (exact) mass is 287 g/mol. The van der Waals surface area contributed by atoms with Crippen molar-refractivity contribution in [3.63, 3.8) is 0 Å². The van der Waals surface area contributed by atoms with E-state index < -0.39 is 24.9 Å². The van der Waals surface area contributed by atoms with E-state index >= 15 is 0 Å². The number of halogens is 4. The van der Waals surface area contributed by atoms with Gasteiger partial charge in [-0.25, -0.2) is 0 Å². The summed E-state index contributed by atoms with van der Waals surface area (Å²) in [5.74, 6) is -7.88. The van der Waals surface area contributed by atoms with Crippen molar-refractivity contribution in [2.24, 2.45) is 0 Å². The number of benzene rings is 1. The quantitative estimate of drug-likeness (QED) is 0.860. The normalized spacial score (nSPS) is 20.8. The van der Waals surface area contributed by atoms with Gasteiger partial charge in [0.05, 0.1) is 18.6 Å². The van der Waals surface area contributed by atoms with Crippen molar-refractivity contribution < 1.29 is 17.6 Å². The molecule has 7 heteroatoms. The second-order valence-electron chi connectivity index (χ2n) is 5.01. The standard InChI is InChI=1S/C13H13F4N3/c1-2-8-4-3-5-9-10(8)11(19-18-9)20-6-12(14,15)13(16,17)7-20/h3-5H,2,6-7H2,1H3,(H,18,19). The fraction of sp³-hybridized carbons (Fsp3) is 0.462. The molecule has 1 fully saturated rings. The van der Waals surface area contributed by atoms with E-state index in [2.05, 4.69) is 10.2 Å². The van der Waals surface area contributed by atoms with Crippen LogP contribution in [0.4, 0.5) is 23.4 Å². The topological polar surface area (TPSA) is 31.9 Å². The van der Waals surface area contributed by atoms with E-state index in [1.165, 1.54) is 0 Å². The zero-order chi connectivity index (χ0) is 14.5. The number of aromatic amines is 1. The Morgan fingerprint density at radius 1 is 1.20 bits per heavy atom. The molecule has 1 aromatic carbocycles. The zero-order valence-electron chi connectivity index (χ0n) is 10.8. The van der Waals surface area contributed by atoms with E-state index in [0.29, 0.717) is 17.3 Å². The summed E-state index contributed by atoms with van der Waals surface area (Å²) in [5, 5.41) is 7.31. The Balaban J connectivity index is 2.09. The summed E-state index contributed by atoms with van der Waals surface area (Å²) in [6, 6.07) is 5.40. The fourth-order valence-electron chi connectivity index (χ4n) is 2.57. The third-order valence-electron chi connectivity index (χ3n) is 3.65. The highest BCUT2D eigenvalue weighted by Crippen LogP contribution is 2.43. The van der Waals surface area contributed by atoms with Gasteiger partial charge in [0.15, 0.2) is 5.82 Å². The van der Waals surface area contributed by atoms with Crippen molar-refractivity contribution in [2.45, 2.75) is 25.2 Å². The molecule has 0 saturated carbocycles. The van der Waals surface area contributed by atoms with E-state index in [1.807, 2.05) is 19.1 Å². The number of nitrogens with one attached hydrogen (secondary N) is 1. The van der Waals surface area contributed by atoms with E-state index in [9.17, 15) is 17.6 Å². The van der Waals surface area contributed by atoms with Crippen LogP contribution >= 0.6 is 0 Å². The van der Waals surface area contributed by atoms with Gasteiger partial charge >= 0.3 is 11.8 Å². The molecule has 1 saturated heterocycles. The molecule has 1 aromatic heterocycles. The van der Waals surface area contributed by atoms with Crippen LogP contribution < -0.4 is 4.90 Å². The highest BCUT2D eigenvalue weighted by atomic mass is 19.3. The number of fused-ring (bicyclic) bond motifs is 1. The number of rotatable bonds is 2. The molecule has 1 aliphatic rings. The van der Waals surface area contributed by atoms with Crippen LogP contribution in [-0.4, -0.2) is 35.1 Å². The highest BCUT2D eigenvalue weighted by Gasteiger charge is 2.63. The van der Waals surface area contributed by atoms with Crippen LogP contribution in [0.5, 0.6) is 0 Å². The molecule has 0 radical (unpaired) electrons. The number of H-pyrrole nitrogens is 1. The lowest BCUT2D eigenvalue weighted by Gasteiger charge is -2.15. The lowest BCUT2D eigenvalue weighted by Crippen LogP contribution is -2.38. The summed E-state index contributed by atoms with van der Waals surface area (Å²) in [5.41, 5.74) is 1.56. The van der Waals surface area contributed by atoms with Crippen molar-refractivity contribution in [2.75, 3.05) is 18.0 Å². The SMILES string of the molecule is CCc1cccc2[nH]nc(N3CC(F)(F)C(F)(F)C3)c12. The van der Waals surface area contributed by atoms with E-state index in [0.717, 1.165) is 10.5 Å². The Morgan fingerprint density at radius 3 is 2.45 bits per heavy atom. The zero-order valence-corrected chi connectivity index (χ0v) is 10.8. The predicted molar refractivity (Wildman–Crippen MR) is 67.6 cm³/mol. The first kappa shape index (κ1) is 13.2. The maximum absolute atomic E-state index is 13.3. The average Bonchev–Trinajstić information content (AvgIpc) is 2.88. The third-order valence-corrected chi connectivity index (χ3v) is 3.65. The number of nitrogens with zero attached hydrogens (tertiary/aromatic N) is 2. The van der Waals surface area contributed by atoms with Crippen LogP contribution in [0.2, 0.25) is 0 Å². The van der Waals surface area contributed by atoms with Gasteiger partial charge in [-0.3, -0.25) is 5.10 Å². The number of hydrogen-bond acceptors (Lipinski definition) is 2. The first-order chi connectivity index (χ1) is 9.36. The largest absolute Gasteiger partial charge is 0.342 e. The minimum absolute atomic E-state index is 0.175. The molecule has 108 valence electrons. The van der Waals surface area contributed by atoms with Crippen LogP contribution in [0.3, 0.4) is 0 Å². The molecule has 2 aromatic rings. The molecule has 0 aliphatic carbocycles. The van der Waals surface area contributed by atoms with Crippen molar-refractivity contribution in [3.05, 3.63) is 23.8 Å². The first-order valence-corrected chi connectivity index (χ1v) is 6.32. The molecule has 0 spiro atoms. The smallest absolute Gasteiger partial charge is 0.329 e. The van der Waals surface area contributed by atoms with E-state index in [4.69, 9.17) is 0 Å². The number of anilines is 1. The minimum Gasteiger partial charge on any atom is -0.342 e. The van der Waals surface area contributed by atoms with Gasteiger partial charge in [0.25, 0.3) is 0 Å². The lowest BCUT2D eigenvalue weighted by molar-refractivity contribution is -0.172. The molecule has 20 heavy (non-hydrogen) atoms. The van der Waals surface area contributed by atoms with Gasteiger partial charge in [-0.05, 0) is 18.1 Å². The first-order valence-electron chi connectivity index (χ1n) is 6.32. The summed E-state index contributed by atoms with van der Waals surface area (Å²) >= 11 is 0.